The highest BCUT2D eigenvalue weighted by Gasteiger charge is 2.55. The lowest BCUT2D eigenvalue weighted by Gasteiger charge is -2.47. The van der Waals surface area contributed by atoms with Crippen molar-refractivity contribution in [2.75, 3.05) is 6.54 Å². The SMILES string of the molecule is CC1=C(/C2=C3/CC3CC3C=CC=CC3CN2C2=C(C(C)(C)C)C=CCC2C2CC=CCC2)C2OC3C=C(C4=CCCC=C4)C=CC3(C)C2C=C1. The Morgan fingerprint density at radius 3 is 2.50 bits per heavy atom. The van der Waals surface area contributed by atoms with E-state index in [1.165, 1.54) is 54.4 Å². The molecule has 0 N–H and O–H groups in total. The fraction of sp³-hybridized carbons (Fsp3) is 0.500. The molecule has 2 fully saturated rings. The van der Waals surface area contributed by atoms with Crippen molar-refractivity contribution in [1.29, 1.82) is 0 Å². The van der Waals surface area contributed by atoms with E-state index in [1.54, 1.807) is 22.5 Å². The van der Waals surface area contributed by atoms with Gasteiger partial charge in [-0.25, -0.2) is 0 Å². The molecule has 0 spiro atoms. The average Bonchev–Trinajstić information content (AvgIpc) is 3.80. The highest BCUT2D eigenvalue weighted by atomic mass is 16.5. The van der Waals surface area contributed by atoms with Crippen LogP contribution in [0.4, 0.5) is 0 Å². The third-order valence-corrected chi connectivity index (χ3v) is 13.7. The van der Waals surface area contributed by atoms with Crippen molar-refractivity contribution in [1.82, 2.24) is 4.90 Å². The molecule has 260 valence electrons. The van der Waals surface area contributed by atoms with Gasteiger partial charge in [-0.1, -0.05) is 119 Å². The average molecular weight is 664 g/mol. The van der Waals surface area contributed by atoms with Crippen molar-refractivity contribution in [2.45, 2.75) is 98.2 Å². The summed E-state index contributed by atoms with van der Waals surface area (Å²) in [6.07, 6.45) is 48.7. The minimum atomic E-state index is -0.0709. The topological polar surface area (TPSA) is 12.5 Å². The summed E-state index contributed by atoms with van der Waals surface area (Å²) in [5.41, 5.74) is 12.0. The molecule has 2 heteroatoms. The van der Waals surface area contributed by atoms with Crippen LogP contribution >= 0.6 is 0 Å². The lowest BCUT2D eigenvalue weighted by molar-refractivity contribution is 0.0688. The molecular formula is C48H57NO. The molecular weight excluding hydrogens is 607 g/mol. The first kappa shape index (κ1) is 32.5. The smallest absolute Gasteiger partial charge is 0.0928 e. The van der Waals surface area contributed by atoms with Gasteiger partial charge in [-0.2, -0.15) is 0 Å². The second kappa shape index (κ2) is 12.4. The standard InChI is InChI=1S/C48H57NO/c1-31-23-24-41-46(50-42-29-35(25-26-48(41,42)5)32-15-8-6-9-16-32)43(31)45-39-28-37(39)27-34-19-12-13-20-36(34)30-49(45)44-38(33-17-10-7-11-18-33)21-14-22-40(44)47(2,3)4/h7-8,10,12-16,19-20,22-26,29,33-34,36-38,41-42,46H,6,9,11,17-18,21,27-28,30H2,1-5H3/b45-39+. The predicted octanol–water partition coefficient (Wildman–Crippen LogP) is 11.6. The molecule has 9 aliphatic rings. The summed E-state index contributed by atoms with van der Waals surface area (Å²) in [6, 6.07) is 0. The van der Waals surface area contributed by atoms with Crippen LogP contribution in [0.3, 0.4) is 0 Å². The summed E-state index contributed by atoms with van der Waals surface area (Å²) in [6.45, 7) is 13.2. The Hall–Kier alpha value is -3.36. The van der Waals surface area contributed by atoms with Crippen molar-refractivity contribution in [2.24, 2.45) is 46.3 Å². The Morgan fingerprint density at radius 1 is 0.860 bits per heavy atom. The van der Waals surface area contributed by atoms with Gasteiger partial charge in [-0.05, 0) is 115 Å². The Labute approximate surface area is 301 Å². The zero-order valence-corrected chi connectivity index (χ0v) is 31.1. The van der Waals surface area contributed by atoms with Gasteiger partial charge in [0.2, 0.25) is 0 Å². The molecule has 0 radical (unpaired) electrons. The number of allylic oxidation sites excluding steroid dienone is 18. The molecule has 9 unspecified atom stereocenters. The van der Waals surface area contributed by atoms with Crippen molar-refractivity contribution in [3.8, 4) is 0 Å². The summed E-state index contributed by atoms with van der Waals surface area (Å²) in [5.74, 6) is 3.28. The van der Waals surface area contributed by atoms with Crippen LogP contribution in [0.25, 0.3) is 0 Å². The molecule has 2 heterocycles. The maximum Gasteiger partial charge on any atom is 0.0928 e. The first-order valence-electron chi connectivity index (χ1n) is 20.0. The van der Waals surface area contributed by atoms with Gasteiger partial charge in [-0.15, -0.1) is 0 Å². The largest absolute Gasteiger partial charge is 0.365 e. The van der Waals surface area contributed by atoms with Crippen LogP contribution in [0.5, 0.6) is 0 Å². The van der Waals surface area contributed by atoms with E-state index in [1.807, 2.05) is 0 Å². The number of hydrogen-bond acceptors (Lipinski definition) is 2. The second-order valence-corrected chi connectivity index (χ2v) is 18.0. The van der Waals surface area contributed by atoms with Crippen LogP contribution in [-0.4, -0.2) is 23.7 Å². The zero-order valence-electron chi connectivity index (χ0n) is 31.1. The number of fused-ring (bicyclic) bond motifs is 5. The zero-order chi connectivity index (χ0) is 34.2. The summed E-state index contributed by atoms with van der Waals surface area (Å²) >= 11 is 0. The molecule has 0 aromatic heterocycles. The maximum absolute atomic E-state index is 7.43. The fourth-order valence-electron chi connectivity index (χ4n) is 10.8. The van der Waals surface area contributed by atoms with E-state index in [9.17, 15) is 0 Å². The van der Waals surface area contributed by atoms with Gasteiger partial charge < -0.3 is 9.64 Å². The molecule has 50 heavy (non-hydrogen) atoms. The third kappa shape index (κ3) is 5.47. The predicted molar refractivity (Wildman–Crippen MR) is 208 cm³/mol. The van der Waals surface area contributed by atoms with E-state index < -0.39 is 0 Å². The van der Waals surface area contributed by atoms with Gasteiger partial charge >= 0.3 is 0 Å². The number of ether oxygens (including phenoxy) is 1. The van der Waals surface area contributed by atoms with Crippen molar-refractivity contribution >= 4 is 0 Å². The normalized spacial score (nSPS) is 40.2. The minimum absolute atomic E-state index is 0.0447. The van der Waals surface area contributed by atoms with Crippen LogP contribution in [0.2, 0.25) is 0 Å². The van der Waals surface area contributed by atoms with Gasteiger partial charge in [0, 0.05) is 46.7 Å². The lowest BCUT2D eigenvalue weighted by Crippen LogP contribution is -2.42. The van der Waals surface area contributed by atoms with E-state index in [0.29, 0.717) is 35.5 Å². The molecule has 1 saturated carbocycles. The third-order valence-electron chi connectivity index (χ3n) is 13.7. The molecule has 7 aliphatic carbocycles. The Bertz CT molecular complexity index is 1820. The Balaban J connectivity index is 1.19. The number of hydrogen-bond donors (Lipinski definition) is 0. The highest BCUT2D eigenvalue weighted by molar-refractivity contribution is 5.57. The van der Waals surface area contributed by atoms with Gasteiger partial charge in [0.15, 0.2) is 0 Å². The van der Waals surface area contributed by atoms with Crippen LogP contribution in [0.15, 0.2) is 142 Å². The lowest BCUT2D eigenvalue weighted by atomic mass is 9.66. The summed E-state index contributed by atoms with van der Waals surface area (Å²) in [7, 11) is 0. The van der Waals surface area contributed by atoms with Gasteiger partial charge in [0.1, 0.15) is 0 Å². The fourth-order valence-corrected chi connectivity index (χ4v) is 10.8. The first-order valence-corrected chi connectivity index (χ1v) is 20.0. The van der Waals surface area contributed by atoms with Crippen LogP contribution < -0.4 is 0 Å². The molecule has 0 amide bonds. The molecule has 0 aromatic carbocycles. The molecule has 2 nitrogen and oxygen atoms in total. The molecule has 2 aliphatic heterocycles. The second-order valence-electron chi connectivity index (χ2n) is 18.0. The molecule has 0 bridgehead atoms. The van der Waals surface area contributed by atoms with Crippen molar-refractivity contribution in [3.63, 3.8) is 0 Å². The van der Waals surface area contributed by atoms with Crippen molar-refractivity contribution in [3.05, 3.63) is 142 Å². The number of nitrogens with zero attached hydrogens (tertiary/aromatic N) is 1. The Kier molecular flexibility index (Phi) is 8.07. The molecule has 9 rings (SSSR count). The first-order chi connectivity index (χ1) is 24.2. The summed E-state index contributed by atoms with van der Waals surface area (Å²) in [5, 5.41) is 0. The van der Waals surface area contributed by atoms with Gasteiger partial charge in [0.05, 0.1) is 12.2 Å². The van der Waals surface area contributed by atoms with E-state index >= 15 is 0 Å². The van der Waals surface area contributed by atoms with Gasteiger partial charge in [0.25, 0.3) is 0 Å². The van der Waals surface area contributed by atoms with E-state index in [2.05, 4.69) is 137 Å². The van der Waals surface area contributed by atoms with Crippen LogP contribution in [0, 0.1) is 46.3 Å². The summed E-state index contributed by atoms with van der Waals surface area (Å²) in [4.78, 5) is 2.94. The van der Waals surface area contributed by atoms with E-state index in [-0.39, 0.29) is 23.0 Å². The van der Waals surface area contributed by atoms with Gasteiger partial charge in [-0.3, -0.25) is 0 Å². The van der Waals surface area contributed by atoms with Crippen LogP contribution in [0.1, 0.15) is 86.0 Å². The molecule has 0 aromatic rings. The molecule has 9 atom stereocenters. The van der Waals surface area contributed by atoms with E-state index in [0.717, 1.165) is 25.8 Å². The summed E-state index contributed by atoms with van der Waals surface area (Å²) < 4.78 is 7.43. The number of rotatable bonds is 4. The van der Waals surface area contributed by atoms with Crippen LogP contribution in [-0.2, 0) is 4.74 Å². The maximum atomic E-state index is 7.43. The highest BCUT2D eigenvalue weighted by Crippen LogP contribution is 2.59. The Morgan fingerprint density at radius 2 is 1.72 bits per heavy atom. The minimum Gasteiger partial charge on any atom is -0.365 e. The molecule has 1 saturated heterocycles. The van der Waals surface area contributed by atoms with Crippen molar-refractivity contribution < 1.29 is 4.74 Å². The quantitative estimate of drug-likeness (QED) is 0.278. The monoisotopic (exact) mass is 663 g/mol. The van der Waals surface area contributed by atoms with E-state index in [4.69, 9.17) is 4.74 Å².